The van der Waals surface area contributed by atoms with Crippen molar-refractivity contribution in [2.24, 2.45) is 0 Å². The van der Waals surface area contributed by atoms with Gasteiger partial charge in [0.25, 0.3) is 5.56 Å². The van der Waals surface area contributed by atoms with Gasteiger partial charge < -0.3 is 10.3 Å². The van der Waals surface area contributed by atoms with Gasteiger partial charge in [0.15, 0.2) is 0 Å². The van der Waals surface area contributed by atoms with E-state index in [-0.39, 0.29) is 5.56 Å². The van der Waals surface area contributed by atoms with Crippen LogP contribution >= 0.6 is 11.8 Å². The predicted octanol–water partition coefficient (Wildman–Crippen LogP) is 1.96. The molecule has 1 heterocycles. The van der Waals surface area contributed by atoms with Crippen molar-refractivity contribution in [1.29, 1.82) is 0 Å². The predicted molar refractivity (Wildman–Crippen MR) is 67.3 cm³/mol. The maximum Gasteiger partial charge on any atom is 0.250 e. The first-order valence-electron chi connectivity index (χ1n) is 5.27. The number of pyridine rings is 1. The molecular formula is C11H18N2OS. The van der Waals surface area contributed by atoms with Crippen LogP contribution in [-0.4, -0.2) is 16.1 Å². The summed E-state index contributed by atoms with van der Waals surface area (Å²) >= 11 is 1.94. The van der Waals surface area contributed by atoms with Crippen LogP contribution in [0.4, 0.5) is 5.69 Å². The molecule has 0 atom stereocenters. The van der Waals surface area contributed by atoms with E-state index in [1.165, 1.54) is 18.2 Å². The summed E-state index contributed by atoms with van der Waals surface area (Å²) in [5.41, 5.74) is 6.30. The van der Waals surface area contributed by atoms with Crippen LogP contribution in [0.2, 0.25) is 0 Å². The molecule has 1 rings (SSSR count). The van der Waals surface area contributed by atoms with E-state index in [0.29, 0.717) is 5.69 Å². The normalized spacial score (nSPS) is 10.5. The number of aryl methyl sites for hydroxylation is 1. The van der Waals surface area contributed by atoms with E-state index in [2.05, 4.69) is 6.92 Å². The summed E-state index contributed by atoms with van der Waals surface area (Å²) in [6.07, 6.45) is 3.95. The Morgan fingerprint density at radius 2 is 2.20 bits per heavy atom. The minimum Gasteiger partial charge on any atom is -0.398 e. The standard InChI is InChI=1S/C11H18N2OS/c1-2-7-15-8-3-6-13-9-10(12)4-5-11(13)14/h4-5,9H,2-3,6-8,12H2,1H3. The van der Waals surface area contributed by atoms with Crippen LogP contribution < -0.4 is 11.3 Å². The second kappa shape index (κ2) is 6.56. The van der Waals surface area contributed by atoms with Crippen molar-refractivity contribution in [2.45, 2.75) is 26.3 Å². The monoisotopic (exact) mass is 226 g/mol. The minimum atomic E-state index is 0.0321. The number of rotatable bonds is 6. The largest absolute Gasteiger partial charge is 0.398 e. The number of hydrogen-bond acceptors (Lipinski definition) is 3. The van der Waals surface area contributed by atoms with E-state index in [1.54, 1.807) is 16.8 Å². The summed E-state index contributed by atoms with van der Waals surface area (Å²) in [5.74, 6) is 2.31. The van der Waals surface area contributed by atoms with Gasteiger partial charge in [-0.3, -0.25) is 4.79 Å². The van der Waals surface area contributed by atoms with Crippen molar-refractivity contribution in [3.63, 3.8) is 0 Å². The SMILES string of the molecule is CCCSCCCn1cc(N)ccc1=O. The molecule has 0 radical (unpaired) electrons. The molecule has 0 saturated heterocycles. The maximum absolute atomic E-state index is 11.4. The Morgan fingerprint density at radius 1 is 1.40 bits per heavy atom. The number of nitrogens with two attached hydrogens (primary N) is 1. The average molecular weight is 226 g/mol. The maximum atomic E-state index is 11.4. The van der Waals surface area contributed by atoms with E-state index in [0.717, 1.165) is 18.7 Å². The highest BCUT2D eigenvalue weighted by atomic mass is 32.2. The number of hydrogen-bond donors (Lipinski definition) is 1. The number of nitrogens with zero attached hydrogens (tertiary/aromatic N) is 1. The highest BCUT2D eigenvalue weighted by Crippen LogP contribution is 2.05. The number of anilines is 1. The topological polar surface area (TPSA) is 48.0 Å². The first kappa shape index (κ1) is 12.2. The fraction of sp³-hybridized carbons (Fsp3) is 0.545. The Morgan fingerprint density at radius 3 is 2.93 bits per heavy atom. The van der Waals surface area contributed by atoms with Gasteiger partial charge in [0.1, 0.15) is 0 Å². The third kappa shape index (κ3) is 4.42. The highest BCUT2D eigenvalue weighted by Gasteiger charge is 1.96. The molecule has 0 aliphatic heterocycles. The van der Waals surface area contributed by atoms with E-state index in [1.807, 2.05) is 11.8 Å². The Bertz CT molecular complexity index is 349. The summed E-state index contributed by atoms with van der Waals surface area (Å²) in [4.78, 5) is 11.4. The summed E-state index contributed by atoms with van der Waals surface area (Å²) in [5, 5.41) is 0. The summed E-state index contributed by atoms with van der Waals surface area (Å²) in [6, 6.07) is 3.17. The molecule has 1 aromatic heterocycles. The van der Waals surface area contributed by atoms with Crippen LogP contribution in [0.1, 0.15) is 19.8 Å². The average Bonchev–Trinajstić information content (AvgIpc) is 2.23. The van der Waals surface area contributed by atoms with Crippen LogP contribution in [0.5, 0.6) is 0 Å². The van der Waals surface area contributed by atoms with Gasteiger partial charge in [-0.2, -0.15) is 11.8 Å². The number of aromatic nitrogens is 1. The van der Waals surface area contributed by atoms with Gasteiger partial charge in [-0.15, -0.1) is 0 Å². The molecule has 0 unspecified atom stereocenters. The Labute approximate surface area is 94.7 Å². The Kier molecular flexibility index (Phi) is 5.32. The zero-order chi connectivity index (χ0) is 11.1. The molecule has 0 aromatic carbocycles. The van der Waals surface area contributed by atoms with Gasteiger partial charge in [-0.25, -0.2) is 0 Å². The lowest BCUT2D eigenvalue weighted by Crippen LogP contribution is -2.19. The fourth-order valence-corrected chi connectivity index (χ4v) is 2.13. The quantitative estimate of drug-likeness (QED) is 0.754. The lowest BCUT2D eigenvalue weighted by molar-refractivity contribution is 0.660. The van der Waals surface area contributed by atoms with Crippen molar-refractivity contribution in [1.82, 2.24) is 4.57 Å². The molecule has 84 valence electrons. The molecule has 4 heteroatoms. The molecule has 0 aliphatic rings. The van der Waals surface area contributed by atoms with Crippen molar-refractivity contribution >= 4 is 17.4 Å². The molecule has 0 saturated carbocycles. The molecule has 0 fully saturated rings. The minimum absolute atomic E-state index is 0.0321. The van der Waals surface area contributed by atoms with Crippen molar-refractivity contribution in [3.8, 4) is 0 Å². The first-order chi connectivity index (χ1) is 7.24. The Hall–Kier alpha value is -0.900. The summed E-state index contributed by atoms with van der Waals surface area (Å²) in [6.45, 7) is 2.94. The van der Waals surface area contributed by atoms with Gasteiger partial charge in [-0.1, -0.05) is 6.92 Å². The number of thioether (sulfide) groups is 1. The molecular weight excluding hydrogens is 208 g/mol. The lowest BCUT2D eigenvalue weighted by atomic mass is 10.4. The van der Waals surface area contributed by atoms with Crippen molar-refractivity contribution in [3.05, 3.63) is 28.7 Å². The molecule has 1 aromatic rings. The second-order valence-electron chi connectivity index (χ2n) is 3.46. The smallest absolute Gasteiger partial charge is 0.250 e. The van der Waals surface area contributed by atoms with Crippen molar-refractivity contribution < 1.29 is 0 Å². The summed E-state index contributed by atoms with van der Waals surface area (Å²) in [7, 11) is 0. The molecule has 3 nitrogen and oxygen atoms in total. The fourth-order valence-electron chi connectivity index (χ4n) is 1.31. The number of nitrogen functional groups attached to an aromatic ring is 1. The van der Waals surface area contributed by atoms with Gasteiger partial charge in [-0.05, 0) is 30.4 Å². The van der Waals surface area contributed by atoms with E-state index < -0.39 is 0 Å². The zero-order valence-corrected chi connectivity index (χ0v) is 9.93. The second-order valence-corrected chi connectivity index (χ2v) is 4.68. The van der Waals surface area contributed by atoms with E-state index >= 15 is 0 Å². The van der Waals surface area contributed by atoms with Crippen LogP contribution in [0.3, 0.4) is 0 Å². The third-order valence-electron chi connectivity index (χ3n) is 2.04. The highest BCUT2D eigenvalue weighted by molar-refractivity contribution is 7.99. The van der Waals surface area contributed by atoms with Gasteiger partial charge in [0.05, 0.1) is 0 Å². The molecule has 15 heavy (non-hydrogen) atoms. The molecule has 0 bridgehead atoms. The van der Waals surface area contributed by atoms with Gasteiger partial charge in [0.2, 0.25) is 0 Å². The van der Waals surface area contributed by atoms with Crippen molar-refractivity contribution in [2.75, 3.05) is 17.2 Å². The molecule has 0 aliphatic carbocycles. The van der Waals surface area contributed by atoms with E-state index in [9.17, 15) is 4.79 Å². The van der Waals surface area contributed by atoms with Gasteiger partial charge >= 0.3 is 0 Å². The zero-order valence-electron chi connectivity index (χ0n) is 9.11. The van der Waals surface area contributed by atoms with Crippen LogP contribution in [-0.2, 0) is 6.54 Å². The van der Waals surface area contributed by atoms with E-state index in [4.69, 9.17) is 5.73 Å². The Balaban J connectivity index is 2.37. The molecule has 0 amide bonds. The van der Waals surface area contributed by atoms with Crippen LogP contribution in [0, 0.1) is 0 Å². The third-order valence-corrected chi connectivity index (χ3v) is 3.32. The lowest BCUT2D eigenvalue weighted by Gasteiger charge is -2.05. The van der Waals surface area contributed by atoms with Crippen LogP contribution in [0.15, 0.2) is 23.1 Å². The molecule has 2 N–H and O–H groups in total. The van der Waals surface area contributed by atoms with Gasteiger partial charge in [0, 0.05) is 24.5 Å². The van der Waals surface area contributed by atoms with Crippen LogP contribution in [0.25, 0.3) is 0 Å². The molecule has 0 spiro atoms. The summed E-state index contributed by atoms with van der Waals surface area (Å²) < 4.78 is 1.68. The first-order valence-corrected chi connectivity index (χ1v) is 6.43.